The van der Waals surface area contributed by atoms with Crippen molar-refractivity contribution in [3.63, 3.8) is 0 Å². The number of amides is 1. The first-order chi connectivity index (χ1) is 28.3. The quantitative estimate of drug-likeness (QED) is 0.0903. The van der Waals surface area contributed by atoms with Gasteiger partial charge < -0.3 is 34.8 Å². The van der Waals surface area contributed by atoms with Gasteiger partial charge in [-0.2, -0.15) is 18.2 Å². The van der Waals surface area contributed by atoms with Crippen molar-refractivity contribution in [2.24, 2.45) is 0 Å². The number of nitrogens with zero attached hydrogens (tertiary/aromatic N) is 4. The van der Waals surface area contributed by atoms with Gasteiger partial charge in [0.1, 0.15) is 12.4 Å². The van der Waals surface area contributed by atoms with Crippen LogP contribution < -0.4 is 5.56 Å². The second-order valence-electron chi connectivity index (χ2n) is 13.8. The Labute approximate surface area is 341 Å². The molecule has 0 radical (unpaired) electrons. The zero-order valence-electron chi connectivity index (χ0n) is 33.0. The Morgan fingerprint density at radius 1 is 0.800 bits per heavy atom. The second kappa shape index (κ2) is 20.8. The summed E-state index contributed by atoms with van der Waals surface area (Å²) in [6.45, 7) is 8.70. The van der Waals surface area contributed by atoms with E-state index in [1.54, 1.807) is 21.6 Å². The lowest BCUT2D eigenvalue weighted by molar-refractivity contribution is -0.165. The maximum atomic E-state index is 14.5. The van der Waals surface area contributed by atoms with Gasteiger partial charge in [0, 0.05) is 26.1 Å². The number of carbonyl (C=O) groups excluding carboxylic acids is 1. The van der Waals surface area contributed by atoms with Crippen LogP contribution in [0.5, 0.6) is 0 Å². The molecule has 5 aromatic rings. The van der Waals surface area contributed by atoms with Crippen LogP contribution in [0, 0.1) is 18.6 Å². The molecule has 0 aliphatic carbocycles. The van der Waals surface area contributed by atoms with Gasteiger partial charge in [0.15, 0.2) is 23.8 Å². The van der Waals surface area contributed by atoms with Crippen LogP contribution in [0.2, 0.25) is 0 Å². The third kappa shape index (κ3) is 12.2. The van der Waals surface area contributed by atoms with Crippen molar-refractivity contribution in [3.05, 3.63) is 135 Å². The summed E-state index contributed by atoms with van der Waals surface area (Å²) < 4.78 is 69.3. The minimum absolute atomic E-state index is 0.0680. The molecule has 1 heterocycles. The molecule has 4 aromatic carbocycles. The number of aromatic nitrogens is 2. The van der Waals surface area contributed by atoms with Gasteiger partial charge in [-0.15, -0.1) is 0 Å². The second-order valence-corrected chi connectivity index (χ2v) is 13.8. The Balaban J connectivity index is 0.000000703. The van der Waals surface area contributed by atoms with Crippen molar-refractivity contribution < 1.29 is 56.8 Å². The van der Waals surface area contributed by atoms with Crippen molar-refractivity contribution in [3.8, 4) is 11.1 Å². The Morgan fingerprint density at radius 2 is 1.38 bits per heavy atom. The number of benzene rings is 4. The van der Waals surface area contributed by atoms with Crippen LogP contribution in [0.25, 0.3) is 22.0 Å². The van der Waals surface area contributed by atoms with E-state index in [1.807, 2.05) is 51.1 Å². The molecule has 1 aromatic heterocycles. The van der Waals surface area contributed by atoms with E-state index >= 15 is 0 Å². The summed E-state index contributed by atoms with van der Waals surface area (Å²) in [6, 6.07) is 21.6. The zero-order chi connectivity index (χ0) is 44.3. The molecule has 1 amide bonds. The van der Waals surface area contributed by atoms with E-state index in [1.165, 1.54) is 24.3 Å². The number of aliphatic hydroxyl groups is 2. The molecule has 0 aliphatic heterocycles. The SMILES string of the molecule is CCN(CC)CCN(Cc1ccc(-c2ccc(C(F)(F)F)cc2)cc1)C(=O)Cn1c(CCc2cccc(F)c2F)nc(=O)c2cc(C)ccc21.O=C(O)C(O)C(O)C(=O)O. The molecule has 0 fully saturated rings. The van der Waals surface area contributed by atoms with Crippen LogP contribution in [0.4, 0.5) is 22.0 Å². The molecule has 320 valence electrons. The monoisotopic (exact) mass is 840 g/mol. The van der Waals surface area contributed by atoms with Crippen molar-refractivity contribution in [1.82, 2.24) is 19.4 Å². The van der Waals surface area contributed by atoms with Crippen LogP contribution in [-0.4, -0.2) is 96.0 Å². The van der Waals surface area contributed by atoms with E-state index in [9.17, 15) is 41.1 Å². The number of fused-ring (bicyclic) bond motifs is 1. The number of likely N-dealkylation sites (N-methyl/N-ethyl adjacent to an activating group) is 1. The highest BCUT2D eigenvalue weighted by Crippen LogP contribution is 2.31. The normalized spacial score (nSPS) is 12.4. The third-order valence-corrected chi connectivity index (χ3v) is 9.77. The number of aliphatic carboxylic acids is 2. The van der Waals surface area contributed by atoms with Crippen LogP contribution in [-0.2, 0) is 46.5 Å². The standard InChI is InChI=1S/C39H39F5N4O2.C4H6O6/c1-4-46(5-2)21-22-47(24-27-10-12-28(13-11-27)29-14-17-31(18-15-29)39(42,43)44)36(49)25-48-34-19-9-26(3)23-32(34)38(50)45-35(48)20-16-30-7-6-8-33(40)37(30)41;5-1(3(7)8)2(6)4(9)10/h6-15,17-19,23H,4-5,16,20-22,24-25H2,1-3H3;1-2,5-6H,(H,7,8)(H,9,10). The molecular weight excluding hydrogens is 795 g/mol. The van der Waals surface area contributed by atoms with Crippen molar-refractivity contribution >= 4 is 28.7 Å². The summed E-state index contributed by atoms with van der Waals surface area (Å²) in [6.07, 6.45) is -8.79. The molecule has 0 spiro atoms. The maximum Gasteiger partial charge on any atom is 0.416 e. The number of halogens is 5. The molecule has 17 heteroatoms. The molecule has 60 heavy (non-hydrogen) atoms. The van der Waals surface area contributed by atoms with Gasteiger partial charge in [0.2, 0.25) is 5.91 Å². The average Bonchev–Trinajstić information content (AvgIpc) is 3.22. The lowest BCUT2D eigenvalue weighted by Gasteiger charge is -2.28. The first-order valence-electron chi connectivity index (χ1n) is 18.9. The van der Waals surface area contributed by atoms with E-state index in [2.05, 4.69) is 9.88 Å². The molecule has 0 saturated carbocycles. The van der Waals surface area contributed by atoms with Crippen LogP contribution in [0.1, 0.15) is 41.9 Å². The predicted octanol–water partition coefficient (Wildman–Crippen LogP) is 5.70. The number of hydrogen-bond acceptors (Lipinski definition) is 8. The zero-order valence-corrected chi connectivity index (χ0v) is 33.0. The summed E-state index contributed by atoms with van der Waals surface area (Å²) in [4.78, 5) is 55.1. The molecule has 12 nitrogen and oxygen atoms in total. The number of aliphatic hydroxyl groups excluding tert-OH is 2. The van der Waals surface area contributed by atoms with Gasteiger partial charge in [-0.25, -0.2) is 18.4 Å². The fourth-order valence-electron chi connectivity index (χ4n) is 6.26. The largest absolute Gasteiger partial charge is 0.479 e. The number of hydrogen-bond donors (Lipinski definition) is 4. The highest BCUT2D eigenvalue weighted by atomic mass is 19.4. The number of carboxylic acids is 2. The highest BCUT2D eigenvalue weighted by Gasteiger charge is 2.30. The number of aryl methyl sites for hydroxylation is 3. The summed E-state index contributed by atoms with van der Waals surface area (Å²) in [7, 11) is 0. The highest BCUT2D eigenvalue weighted by molar-refractivity contribution is 5.83. The summed E-state index contributed by atoms with van der Waals surface area (Å²) in [5.41, 5.74) is 2.53. The van der Waals surface area contributed by atoms with Crippen LogP contribution in [0.3, 0.4) is 0 Å². The Kier molecular flexibility index (Phi) is 16.2. The van der Waals surface area contributed by atoms with Gasteiger partial charge >= 0.3 is 18.1 Å². The van der Waals surface area contributed by atoms with Crippen LogP contribution >= 0.6 is 0 Å². The fraction of sp³-hybridized carbons (Fsp3) is 0.326. The number of alkyl halides is 3. The van der Waals surface area contributed by atoms with Gasteiger partial charge in [-0.1, -0.05) is 74.0 Å². The fourth-order valence-corrected chi connectivity index (χ4v) is 6.26. The molecular formula is C43H45F5N4O8. The first kappa shape index (κ1) is 46.6. The molecule has 2 atom stereocenters. The Hall–Kier alpha value is -6.04. The van der Waals surface area contributed by atoms with Gasteiger partial charge in [-0.05, 0) is 79.0 Å². The van der Waals surface area contributed by atoms with Gasteiger partial charge in [0.25, 0.3) is 5.56 Å². The number of rotatable bonds is 16. The summed E-state index contributed by atoms with van der Waals surface area (Å²) in [5.74, 6) is -5.40. The van der Waals surface area contributed by atoms with Crippen molar-refractivity contribution in [2.75, 3.05) is 26.2 Å². The lowest BCUT2D eigenvalue weighted by Crippen LogP contribution is -2.40. The smallest absolute Gasteiger partial charge is 0.416 e. The number of carboxylic acid groups (broad SMARTS) is 2. The molecule has 2 unspecified atom stereocenters. The first-order valence-corrected chi connectivity index (χ1v) is 18.9. The van der Waals surface area contributed by atoms with E-state index in [-0.39, 0.29) is 43.2 Å². The molecule has 0 bridgehead atoms. The maximum absolute atomic E-state index is 14.5. The predicted molar refractivity (Wildman–Crippen MR) is 212 cm³/mol. The molecule has 4 N–H and O–H groups in total. The number of carbonyl (C=O) groups is 3. The summed E-state index contributed by atoms with van der Waals surface area (Å²) >= 11 is 0. The van der Waals surface area contributed by atoms with E-state index < -0.39 is 53.1 Å². The third-order valence-electron chi connectivity index (χ3n) is 9.77. The van der Waals surface area contributed by atoms with Gasteiger partial charge in [-0.3, -0.25) is 9.59 Å². The Bertz CT molecular complexity index is 2310. The van der Waals surface area contributed by atoms with Crippen molar-refractivity contribution in [1.29, 1.82) is 0 Å². The lowest BCUT2D eigenvalue weighted by atomic mass is 10.0. The van der Waals surface area contributed by atoms with Crippen molar-refractivity contribution in [2.45, 2.75) is 65.1 Å². The van der Waals surface area contributed by atoms with Gasteiger partial charge in [0.05, 0.1) is 16.5 Å². The Morgan fingerprint density at radius 3 is 1.93 bits per heavy atom. The van der Waals surface area contributed by atoms with E-state index in [4.69, 9.17) is 20.4 Å². The molecule has 5 rings (SSSR count). The molecule has 0 aliphatic rings. The topological polar surface area (TPSA) is 174 Å². The van der Waals surface area contributed by atoms with E-state index in [0.717, 1.165) is 48.0 Å². The van der Waals surface area contributed by atoms with Crippen LogP contribution in [0.15, 0.2) is 89.7 Å². The molecule has 0 saturated heterocycles. The van der Waals surface area contributed by atoms with E-state index in [0.29, 0.717) is 29.6 Å². The minimum Gasteiger partial charge on any atom is -0.479 e. The average molecular weight is 841 g/mol. The minimum atomic E-state index is -4.42. The summed E-state index contributed by atoms with van der Waals surface area (Å²) in [5, 5.41) is 32.9.